The van der Waals surface area contributed by atoms with E-state index in [0.717, 1.165) is 18.5 Å². The number of anilines is 3. The van der Waals surface area contributed by atoms with Crippen LogP contribution >= 0.6 is 0 Å². The van der Waals surface area contributed by atoms with Gasteiger partial charge in [0.1, 0.15) is 12.4 Å². The van der Waals surface area contributed by atoms with E-state index in [1.807, 2.05) is 6.07 Å². The topological polar surface area (TPSA) is 83.1 Å². The summed E-state index contributed by atoms with van der Waals surface area (Å²) in [6, 6.07) is 3.82. The Bertz CT molecular complexity index is 1340. The van der Waals surface area contributed by atoms with Gasteiger partial charge in [-0.05, 0) is 37.8 Å². The number of aromatic nitrogens is 2. The minimum absolute atomic E-state index is 0.0534. The summed E-state index contributed by atoms with van der Waals surface area (Å²) in [5.74, 6) is 5.13. The number of halogens is 3. The van der Waals surface area contributed by atoms with Crippen LogP contribution in [-0.2, 0) is 22.3 Å². The summed E-state index contributed by atoms with van der Waals surface area (Å²) >= 11 is 0. The SMILES string of the molecule is CC#CC(=O)N1CCC(N2CC(c3cc4c(c(C(F)(F)F)n3)OCc3c(N5CCOCC5)ccnc3N4)C2)CC1. The molecule has 0 unspecified atom stereocenters. The van der Waals surface area contributed by atoms with Crippen molar-refractivity contribution in [2.24, 2.45) is 0 Å². The lowest BCUT2D eigenvalue weighted by Crippen LogP contribution is -2.54. The largest absolute Gasteiger partial charge is 0.484 e. The molecule has 6 rings (SSSR count). The lowest BCUT2D eigenvalue weighted by atomic mass is 9.90. The first-order valence-electron chi connectivity index (χ1n) is 13.6. The van der Waals surface area contributed by atoms with Crippen LogP contribution in [0.15, 0.2) is 18.3 Å². The molecule has 2 aromatic rings. The third-order valence-electron chi connectivity index (χ3n) is 8.09. The lowest BCUT2D eigenvalue weighted by molar-refractivity contribution is -0.142. The van der Waals surface area contributed by atoms with Gasteiger partial charge in [0.25, 0.3) is 5.91 Å². The fourth-order valence-electron chi connectivity index (χ4n) is 5.92. The molecule has 2 aromatic heterocycles. The van der Waals surface area contributed by atoms with Crippen LogP contribution in [0.25, 0.3) is 0 Å². The highest BCUT2D eigenvalue weighted by atomic mass is 19.4. The fourth-order valence-corrected chi connectivity index (χ4v) is 5.92. The number of nitrogens with one attached hydrogen (secondary N) is 1. The number of rotatable bonds is 3. The van der Waals surface area contributed by atoms with Gasteiger partial charge in [-0.15, -0.1) is 0 Å². The van der Waals surface area contributed by atoms with Gasteiger partial charge in [-0.1, -0.05) is 5.92 Å². The van der Waals surface area contributed by atoms with Crippen LogP contribution in [0, 0.1) is 11.8 Å². The van der Waals surface area contributed by atoms with Gasteiger partial charge in [0.15, 0.2) is 11.4 Å². The molecule has 0 spiro atoms. The number of nitrogens with zero attached hydrogens (tertiary/aromatic N) is 5. The first-order chi connectivity index (χ1) is 19.3. The predicted molar refractivity (Wildman–Crippen MR) is 141 cm³/mol. The molecule has 3 saturated heterocycles. The van der Waals surface area contributed by atoms with Crippen molar-refractivity contribution in [3.8, 4) is 17.6 Å². The molecule has 0 atom stereocenters. The molecule has 4 aliphatic rings. The third kappa shape index (κ3) is 5.15. The number of morpholine rings is 1. The normalized spacial score (nSPS) is 20.2. The Morgan fingerprint density at radius 2 is 1.90 bits per heavy atom. The fraction of sp³-hybridized carbons (Fsp3) is 0.536. The second-order valence-electron chi connectivity index (χ2n) is 10.5. The summed E-state index contributed by atoms with van der Waals surface area (Å²) in [6.07, 6.45) is -1.38. The molecule has 0 aromatic carbocycles. The monoisotopic (exact) mass is 556 g/mol. The predicted octanol–water partition coefficient (Wildman–Crippen LogP) is 3.38. The van der Waals surface area contributed by atoms with Gasteiger partial charge >= 0.3 is 6.18 Å². The highest BCUT2D eigenvalue weighted by Crippen LogP contribution is 2.45. The van der Waals surface area contributed by atoms with Crippen LogP contribution in [0.3, 0.4) is 0 Å². The van der Waals surface area contributed by atoms with E-state index in [4.69, 9.17) is 9.47 Å². The Kier molecular flexibility index (Phi) is 7.18. The zero-order valence-corrected chi connectivity index (χ0v) is 22.3. The van der Waals surface area contributed by atoms with Crippen molar-refractivity contribution >= 4 is 23.1 Å². The third-order valence-corrected chi connectivity index (χ3v) is 8.09. The van der Waals surface area contributed by atoms with Gasteiger partial charge in [0.05, 0.1) is 24.5 Å². The number of carbonyl (C=O) groups excluding carboxylic acids is 1. The van der Waals surface area contributed by atoms with Crippen molar-refractivity contribution in [1.82, 2.24) is 19.8 Å². The summed E-state index contributed by atoms with van der Waals surface area (Å²) < 4.78 is 54.0. The average molecular weight is 557 g/mol. The Morgan fingerprint density at radius 3 is 2.60 bits per heavy atom. The summed E-state index contributed by atoms with van der Waals surface area (Å²) in [5.41, 5.74) is 1.18. The van der Waals surface area contributed by atoms with Crippen molar-refractivity contribution in [3.05, 3.63) is 35.3 Å². The first kappa shape index (κ1) is 26.7. The maximum atomic E-state index is 14.2. The van der Waals surface area contributed by atoms with Crippen molar-refractivity contribution in [3.63, 3.8) is 0 Å². The molecule has 6 heterocycles. The van der Waals surface area contributed by atoms with Gasteiger partial charge in [0.2, 0.25) is 0 Å². The summed E-state index contributed by atoms with van der Waals surface area (Å²) in [4.78, 5) is 26.7. The van der Waals surface area contributed by atoms with E-state index in [0.29, 0.717) is 69.6 Å². The number of carbonyl (C=O) groups is 1. The Morgan fingerprint density at radius 1 is 1.15 bits per heavy atom. The molecular formula is C28H31F3N6O3. The van der Waals surface area contributed by atoms with Gasteiger partial charge < -0.3 is 24.6 Å². The smallest absolute Gasteiger partial charge is 0.437 e. The van der Waals surface area contributed by atoms with Gasteiger partial charge in [0, 0.05) is 68.8 Å². The standard InChI is InChI=1S/C28H31F3N6O3/c1-2-3-24(38)36-8-5-19(6-9-36)37-15-18(16-37)21-14-22-25(26(33-21)28(29,30)31)40-17-20-23(4-7-32-27(20)34-22)35-10-12-39-13-11-35/h4,7,14,18-19H,5-6,8-13,15-17H2,1H3,(H,32,34). The summed E-state index contributed by atoms with van der Waals surface area (Å²) in [7, 11) is 0. The average Bonchev–Trinajstić information content (AvgIpc) is 3.11. The van der Waals surface area contributed by atoms with E-state index < -0.39 is 11.9 Å². The van der Waals surface area contributed by atoms with Crippen LogP contribution in [0.5, 0.6) is 5.75 Å². The van der Waals surface area contributed by atoms with E-state index in [9.17, 15) is 18.0 Å². The van der Waals surface area contributed by atoms with Crippen molar-refractivity contribution in [2.75, 3.05) is 62.7 Å². The molecule has 0 bridgehead atoms. The zero-order chi connectivity index (χ0) is 27.9. The van der Waals surface area contributed by atoms with Gasteiger partial charge in [-0.2, -0.15) is 13.2 Å². The summed E-state index contributed by atoms with van der Waals surface area (Å²) in [6.45, 7) is 6.63. The van der Waals surface area contributed by atoms with E-state index >= 15 is 0 Å². The minimum Gasteiger partial charge on any atom is -0.484 e. The first-order valence-corrected chi connectivity index (χ1v) is 13.6. The second-order valence-corrected chi connectivity index (χ2v) is 10.5. The molecule has 3 fully saturated rings. The molecule has 1 N–H and O–H groups in total. The Balaban J connectivity index is 1.21. The molecule has 1 amide bonds. The van der Waals surface area contributed by atoms with Crippen molar-refractivity contribution in [1.29, 1.82) is 0 Å². The van der Waals surface area contributed by atoms with E-state index in [2.05, 4.69) is 36.9 Å². The summed E-state index contributed by atoms with van der Waals surface area (Å²) in [5, 5.41) is 3.14. The zero-order valence-electron chi connectivity index (χ0n) is 22.3. The van der Waals surface area contributed by atoms with Gasteiger partial charge in [-0.25, -0.2) is 9.97 Å². The van der Waals surface area contributed by atoms with Crippen LogP contribution in [0.4, 0.5) is 30.4 Å². The highest BCUT2D eigenvalue weighted by Gasteiger charge is 2.42. The minimum atomic E-state index is -4.68. The quantitative estimate of drug-likeness (QED) is 0.577. The number of pyridine rings is 2. The Hall–Kier alpha value is -3.56. The maximum absolute atomic E-state index is 14.2. The molecule has 0 saturated carbocycles. The molecule has 0 radical (unpaired) electrons. The van der Waals surface area contributed by atoms with Crippen LogP contribution in [0.2, 0.25) is 0 Å². The second kappa shape index (κ2) is 10.8. The van der Waals surface area contributed by atoms with Gasteiger partial charge in [-0.3, -0.25) is 9.69 Å². The van der Waals surface area contributed by atoms with E-state index in [-0.39, 0.29) is 35.9 Å². The van der Waals surface area contributed by atoms with Crippen LogP contribution in [-0.4, -0.2) is 84.2 Å². The van der Waals surface area contributed by atoms with E-state index in [1.165, 1.54) is 0 Å². The molecule has 9 nitrogen and oxygen atoms in total. The number of likely N-dealkylation sites (tertiary alicyclic amines) is 2. The van der Waals surface area contributed by atoms with Crippen molar-refractivity contribution < 1.29 is 27.4 Å². The molecule has 0 aliphatic carbocycles. The highest BCUT2D eigenvalue weighted by molar-refractivity contribution is 5.93. The molecule has 12 heteroatoms. The number of piperidine rings is 1. The number of fused-ring (bicyclic) bond motifs is 2. The number of alkyl halides is 3. The van der Waals surface area contributed by atoms with Crippen LogP contribution in [0.1, 0.15) is 42.6 Å². The molecular weight excluding hydrogens is 525 g/mol. The number of amides is 1. The van der Waals surface area contributed by atoms with Crippen LogP contribution < -0.4 is 15.0 Å². The van der Waals surface area contributed by atoms with Crippen molar-refractivity contribution in [2.45, 2.75) is 44.5 Å². The van der Waals surface area contributed by atoms with E-state index in [1.54, 1.807) is 24.1 Å². The number of ether oxygens (including phenoxy) is 2. The number of hydrogen-bond donors (Lipinski definition) is 1. The molecule has 40 heavy (non-hydrogen) atoms. The number of hydrogen-bond acceptors (Lipinski definition) is 8. The molecule has 212 valence electrons. The molecule has 4 aliphatic heterocycles. The Labute approximate surface area is 230 Å². The maximum Gasteiger partial charge on any atom is 0.437 e. The lowest BCUT2D eigenvalue weighted by Gasteiger charge is -2.47.